The maximum Gasteiger partial charge on any atom is 0.337 e. The van der Waals surface area contributed by atoms with Crippen LogP contribution in [-0.2, 0) is 6.54 Å². The second-order valence-corrected chi connectivity index (χ2v) is 5.60. The Hall–Kier alpha value is -2.54. The molecular weight excluding hydrogens is 302 g/mol. The quantitative estimate of drug-likeness (QED) is 0.800. The summed E-state index contributed by atoms with van der Waals surface area (Å²) in [6, 6.07) is 5.40. The summed E-state index contributed by atoms with van der Waals surface area (Å²) >= 11 is 1.16. The summed E-state index contributed by atoms with van der Waals surface area (Å²) in [6.45, 7) is 2.41. The van der Waals surface area contributed by atoms with Gasteiger partial charge in [-0.15, -0.1) is 11.3 Å². The molecule has 0 spiro atoms. The van der Waals surface area contributed by atoms with E-state index in [-0.39, 0.29) is 16.5 Å². The van der Waals surface area contributed by atoms with Crippen molar-refractivity contribution in [2.75, 3.05) is 0 Å². The summed E-state index contributed by atoms with van der Waals surface area (Å²) in [7, 11) is 0. The zero-order chi connectivity index (χ0) is 15.7. The lowest BCUT2D eigenvalue weighted by molar-refractivity contribution is 0.0699. The van der Waals surface area contributed by atoms with Gasteiger partial charge in [0.25, 0.3) is 5.56 Å². The predicted octanol–water partition coefficient (Wildman–Crippen LogP) is 2.63. The van der Waals surface area contributed by atoms with Gasteiger partial charge >= 0.3 is 5.97 Å². The van der Waals surface area contributed by atoms with Gasteiger partial charge < -0.3 is 5.11 Å². The predicted molar refractivity (Wildman–Crippen MR) is 84.4 cm³/mol. The lowest BCUT2D eigenvalue weighted by Gasteiger charge is -2.11. The number of aromatic nitrogens is 3. The Bertz CT molecular complexity index is 900. The minimum absolute atomic E-state index is 0.00919. The monoisotopic (exact) mass is 315 g/mol. The lowest BCUT2D eigenvalue weighted by Crippen LogP contribution is -2.24. The van der Waals surface area contributed by atoms with Crippen LogP contribution in [0.3, 0.4) is 0 Å². The zero-order valence-electron chi connectivity index (χ0n) is 11.8. The Balaban J connectivity index is 2.36. The van der Waals surface area contributed by atoms with Gasteiger partial charge in [-0.1, -0.05) is 13.0 Å². The van der Waals surface area contributed by atoms with Crippen molar-refractivity contribution in [1.29, 1.82) is 0 Å². The lowest BCUT2D eigenvalue weighted by atomic mass is 10.2. The number of aromatic carboxylic acids is 1. The van der Waals surface area contributed by atoms with Gasteiger partial charge in [0, 0.05) is 18.1 Å². The van der Waals surface area contributed by atoms with E-state index < -0.39 is 5.97 Å². The van der Waals surface area contributed by atoms with Crippen LogP contribution in [0.2, 0.25) is 0 Å². The maximum absolute atomic E-state index is 12.7. The Morgan fingerprint density at radius 2 is 2.23 bits per heavy atom. The number of carboxylic acid groups (broad SMARTS) is 1. The van der Waals surface area contributed by atoms with Gasteiger partial charge in [0.15, 0.2) is 5.82 Å². The molecule has 3 rings (SSSR count). The van der Waals surface area contributed by atoms with Gasteiger partial charge in [-0.2, -0.15) is 0 Å². The van der Waals surface area contributed by atoms with Gasteiger partial charge in [-0.05, 0) is 18.6 Å². The summed E-state index contributed by atoms with van der Waals surface area (Å²) in [6.07, 6.45) is 2.37. The Morgan fingerprint density at radius 3 is 2.86 bits per heavy atom. The van der Waals surface area contributed by atoms with Crippen LogP contribution in [0.4, 0.5) is 0 Å². The van der Waals surface area contributed by atoms with Crippen LogP contribution >= 0.6 is 11.3 Å². The molecule has 22 heavy (non-hydrogen) atoms. The Labute approximate surface area is 129 Å². The van der Waals surface area contributed by atoms with Crippen molar-refractivity contribution in [2.45, 2.75) is 19.9 Å². The second kappa shape index (κ2) is 5.69. The highest BCUT2D eigenvalue weighted by Gasteiger charge is 2.20. The number of hydrogen-bond donors (Lipinski definition) is 1. The number of carbonyl (C=O) groups is 1. The number of pyridine rings is 1. The molecule has 1 N–H and O–H groups in total. The minimum atomic E-state index is -1.11. The number of thiophene rings is 1. The molecule has 7 heteroatoms. The molecule has 6 nitrogen and oxygen atoms in total. The van der Waals surface area contributed by atoms with E-state index in [1.165, 1.54) is 9.95 Å². The molecule has 0 saturated carbocycles. The molecule has 0 atom stereocenters. The zero-order valence-corrected chi connectivity index (χ0v) is 12.6. The molecule has 3 aromatic rings. The number of fused-ring (bicyclic) bond motifs is 1. The van der Waals surface area contributed by atoms with E-state index >= 15 is 0 Å². The van der Waals surface area contributed by atoms with E-state index in [9.17, 15) is 14.7 Å². The third-order valence-corrected chi connectivity index (χ3v) is 4.14. The van der Waals surface area contributed by atoms with E-state index in [1.54, 1.807) is 18.3 Å². The fourth-order valence-corrected chi connectivity index (χ4v) is 3.21. The minimum Gasteiger partial charge on any atom is -0.478 e. The van der Waals surface area contributed by atoms with Crippen molar-refractivity contribution in [3.8, 4) is 11.5 Å². The van der Waals surface area contributed by atoms with Crippen LogP contribution < -0.4 is 5.56 Å². The number of rotatable bonds is 4. The van der Waals surface area contributed by atoms with E-state index in [4.69, 9.17) is 0 Å². The standard InChI is InChI=1S/C15H13N3O3S/c1-2-7-18-12(10-5-3-4-6-16-10)17-13-11(14(18)19)9(8-22-13)15(20)21/h3-6,8H,2,7H2,1H3,(H,20,21). The van der Waals surface area contributed by atoms with E-state index in [0.29, 0.717) is 22.9 Å². The van der Waals surface area contributed by atoms with Crippen LogP contribution in [0, 0.1) is 0 Å². The van der Waals surface area contributed by atoms with Gasteiger partial charge in [-0.3, -0.25) is 14.3 Å². The van der Waals surface area contributed by atoms with Gasteiger partial charge in [0.2, 0.25) is 0 Å². The summed E-state index contributed by atoms with van der Waals surface area (Å²) < 4.78 is 1.50. The normalized spacial score (nSPS) is 11.0. The molecule has 0 saturated heterocycles. The van der Waals surface area contributed by atoms with Crippen LogP contribution in [0.5, 0.6) is 0 Å². The third kappa shape index (κ3) is 2.29. The average molecular weight is 315 g/mol. The fourth-order valence-electron chi connectivity index (χ4n) is 2.30. The first-order valence-corrected chi connectivity index (χ1v) is 7.68. The van der Waals surface area contributed by atoms with Crippen molar-refractivity contribution in [2.24, 2.45) is 0 Å². The number of carboxylic acids is 1. The first kappa shape index (κ1) is 14.4. The SMILES string of the molecule is CCCn1c(-c2ccccn2)nc2scc(C(=O)O)c2c1=O. The fraction of sp³-hybridized carbons (Fsp3) is 0.200. The second-order valence-electron chi connectivity index (χ2n) is 4.74. The van der Waals surface area contributed by atoms with Gasteiger partial charge in [-0.25, -0.2) is 9.78 Å². The maximum atomic E-state index is 12.7. The third-order valence-electron chi connectivity index (χ3n) is 3.27. The molecule has 0 amide bonds. The van der Waals surface area contributed by atoms with Crippen LogP contribution in [0.1, 0.15) is 23.7 Å². The molecule has 0 aliphatic rings. The average Bonchev–Trinajstić information content (AvgIpc) is 2.95. The van der Waals surface area contributed by atoms with Crippen LogP contribution in [0.25, 0.3) is 21.7 Å². The molecule has 3 aromatic heterocycles. The van der Waals surface area contributed by atoms with Crippen molar-refractivity contribution in [3.63, 3.8) is 0 Å². The number of nitrogens with zero attached hydrogens (tertiary/aromatic N) is 3. The molecule has 0 radical (unpaired) electrons. The van der Waals surface area contributed by atoms with Gasteiger partial charge in [0.1, 0.15) is 10.5 Å². The van der Waals surface area contributed by atoms with Crippen molar-refractivity contribution >= 4 is 27.5 Å². The van der Waals surface area contributed by atoms with Crippen LogP contribution in [-0.4, -0.2) is 25.6 Å². The first-order chi connectivity index (χ1) is 10.6. The van der Waals surface area contributed by atoms with Crippen molar-refractivity contribution < 1.29 is 9.90 Å². The molecule has 0 aliphatic carbocycles. The topological polar surface area (TPSA) is 85.1 Å². The molecule has 0 fully saturated rings. The largest absolute Gasteiger partial charge is 0.478 e. The molecule has 0 bridgehead atoms. The summed E-state index contributed by atoms with van der Waals surface area (Å²) in [5.41, 5.74) is 0.279. The molecular formula is C15H13N3O3S. The summed E-state index contributed by atoms with van der Waals surface area (Å²) in [5.74, 6) is -0.641. The smallest absolute Gasteiger partial charge is 0.337 e. The summed E-state index contributed by atoms with van der Waals surface area (Å²) in [5, 5.41) is 10.9. The Morgan fingerprint density at radius 1 is 1.41 bits per heavy atom. The van der Waals surface area contributed by atoms with Gasteiger partial charge in [0.05, 0.1) is 10.9 Å². The molecule has 0 aromatic carbocycles. The Kier molecular flexibility index (Phi) is 3.72. The van der Waals surface area contributed by atoms with E-state index in [2.05, 4.69) is 9.97 Å². The van der Waals surface area contributed by atoms with Crippen molar-refractivity contribution in [1.82, 2.24) is 14.5 Å². The molecule has 0 unspecified atom stereocenters. The molecule has 112 valence electrons. The summed E-state index contributed by atoms with van der Waals surface area (Å²) in [4.78, 5) is 33.2. The number of hydrogen-bond acceptors (Lipinski definition) is 5. The highest BCUT2D eigenvalue weighted by atomic mass is 32.1. The molecule has 0 aliphatic heterocycles. The molecule has 3 heterocycles. The highest BCUT2D eigenvalue weighted by molar-refractivity contribution is 7.17. The van der Waals surface area contributed by atoms with E-state index in [1.807, 2.05) is 13.0 Å². The van der Waals surface area contributed by atoms with E-state index in [0.717, 1.165) is 17.8 Å². The van der Waals surface area contributed by atoms with Crippen molar-refractivity contribution in [3.05, 3.63) is 45.7 Å². The first-order valence-electron chi connectivity index (χ1n) is 6.80. The highest BCUT2D eigenvalue weighted by Crippen LogP contribution is 2.24. The van der Waals surface area contributed by atoms with Crippen LogP contribution in [0.15, 0.2) is 34.6 Å².